The molecule has 0 aliphatic heterocycles. The zero-order chi connectivity index (χ0) is 15.2. The third-order valence-electron chi connectivity index (χ3n) is 2.65. The molecule has 0 saturated carbocycles. The van der Waals surface area contributed by atoms with Gasteiger partial charge in [-0.25, -0.2) is 9.98 Å². The number of aliphatic imine (C=N–C) groups is 2. The third-order valence-corrected chi connectivity index (χ3v) is 2.65. The molecule has 0 fully saturated rings. The number of hydrogen-bond acceptors (Lipinski definition) is 3. The lowest BCUT2D eigenvalue weighted by Gasteiger charge is -2.08. The van der Waals surface area contributed by atoms with Gasteiger partial charge in [-0.05, 0) is 17.7 Å². The average Bonchev–Trinajstić information content (AvgIpc) is 2.91. The third kappa shape index (κ3) is 3.96. The Labute approximate surface area is 122 Å². The van der Waals surface area contributed by atoms with Crippen molar-refractivity contribution < 1.29 is 4.74 Å². The summed E-state index contributed by atoms with van der Waals surface area (Å²) in [6, 6.07) is 5.61. The summed E-state index contributed by atoms with van der Waals surface area (Å²) in [5.41, 5.74) is 17.7. The van der Waals surface area contributed by atoms with E-state index < -0.39 is 0 Å². The van der Waals surface area contributed by atoms with Crippen LogP contribution in [0.2, 0.25) is 0 Å². The van der Waals surface area contributed by atoms with Gasteiger partial charge in [-0.1, -0.05) is 6.07 Å². The van der Waals surface area contributed by atoms with Gasteiger partial charge in [-0.3, -0.25) is 0 Å². The fraction of sp³-hybridized carbons (Fsp3) is 0.154. The van der Waals surface area contributed by atoms with Gasteiger partial charge in [0.15, 0.2) is 5.96 Å². The van der Waals surface area contributed by atoms with Gasteiger partial charge in [0.2, 0.25) is 5.96 Å². The van der Waals surface area contributed by atoms with Gasteiger partial charge in [-0.15, -0.1) is 0 Å². The van der Waals surface area contributed by atoms with Crippen LogP contribution in [-0.4, -0.2) is 28.6 Å². The van der Waals surface area contributed by atoms with Gasteiger partial charge in [0.05, 0.1) is 13.4 Å². The molecule has 1 aromatic heterocycles. The second-order valence-electron chi connectivity index (χ2n) is 4.25. The number of imidazole rings is 1. The van der Waals surface area contributed by atoms with Crippen molar-refractivity contribution in [2.75, 3.05) is 7.11 Å². The summed E-state index contributed by atoms with van der Waals surface area (Å²) in [5.74, 6) is 0.399. The van der Waals surface area contributed by atoms with Crippen molar-refractivity contribution in [2.45, 2.75) is 6.54 Å². The zero-order valence-electron chi connectivity index (χ0n) is 11.6. The van der Waals surface area contributed by atoms with E-state index in [0.717, 1.165) is 5.56 Å². The summed E-state index contributed by atoms with van der Waals surface area (Å²) in [4.78, 5) is 11.8. The molecule has 1 aromatic carbocycles. The smallest absolute Gasteiger partial charge is 0.223 e. The van der Waals surface area contributed by atoms with E-state index in [4.69, 9.17) is 21.9 Å². The number of methoxy groups -OCH3 is 1. The summed E-state index contributed by atoms with van der Waals surface area (Å²) in [5, 5.41) is 0. The van der Waals surface area contributed by atoms with Gasteiger partial charge in [0, 0.05) is 18.9 Å². The Morgan fingerprint density at radius 3 is 2.76 bits per heavy atom. The standard InChI is InChI=1S/C13H17N7O/c1-21-11-3-2-9(7-20-5-4-17-8-20)6-10(11)18-13(16)19-12(14)15/h2-6,8H,7H2,1H3,(H6,14,15,16,18,19). The average molecular weight is 287 g/mol. The van der Waals surface area contributed by atoms with Gasteiger partial charge < -0.3 is 26.5 Å². The molecule has 8 heteroatoms. The van der Waals surface area contributed by atoms with Crippen molar-refractivity contribution >= 4 is 17.6 Å². The second-order valence-corrected chi connectivity index (χ2v) is 4.25. The number of benzene rings is 1. The maximum absolute atomic E-state index is 5.65. The Hall–Kier alpha value is -3.03. The van der Waals surface area contributed by atoms with E-state index in [1.165, 1.54) is 0 Å². The van der Waals surface area contributed by atoms with Crippen LogP contribution in [-0.2, 0) is 6.54 Å². The van der Waals surface area contributed by atoms with Crippen molar-refractivity contribution in [1.29, 1.82) is 0 Å². The van der Waals surface area contributed by atoms with Gasteiger partial charge in [-0.2, -0.15) is 4.99 Å². The quantitative estimate of drug-likeness (QED) is 0.544. The fourth-order valence-electron chi connectivity index (χ4n) is 1.79. The number of aromatic nitrogens is 2. The fourth-order valence-corrected chi connectivity index (χ4v) is 1.79. The van der Waals surface area contributed by atoms with E-state index in [1.807, 2.05) is 29.0 Å². The van der Waals surface area contributed by atoms with Crippen LogP contribution in [0, 0.1) is 0 Å². The topological polar surface area (TPSA) is 130 Å². The minimum atomic E-state index is -0.148. The molecular weight excluding hydrogens is 270 g/mol. The lowest BCUT2D eigenvalue weighted by Crippen LogP contribution is -2.26. The summed E-state index contributed by atoms with van der Waals surface area (Å²) in [7, 11) is 1.56. The van der Waals surface area contributed by atoms with E-state index in [1.54, 1.807) is 19.6 Å². The molecule has 0 atom stereocenters. The Kier molecular flexibility index (Phi) is 4.39. The molecular formula is C13H17N7O. The van der Waals surface area contributed by atoms with E-state index in [-0.39, 0.29) is 11.9 Å². The molecule has 0 radical (unpaired) electrons. The number of rotatable bonds is 4. The Morgan fingerprint density at radius 1 is 1.33 bits per heavy atom. The summed E-state index contributed by atoms with van der Waals surface area (Å²) < 4.78 is 7.19. The summed E-state index contributed by atoms with van der Waals surface area (Å²) in [6.45, 7) is 0.661. The lowest BCUT2D eigenvalue weighted by atomic mass is 10.2. The molecule has 0 amide bonds. The zero-order valence-corrected chi connectivity index (χ0v) is 11.6. The predicted octanol–water partition coefficient (Wildman–Crippen LogP) is 0.160. The molecule has 0 saturated heterocycles. The molecule has 0 aliphatic carbocycles. The van der Waals surface area contributed by atoms with Crippen LogP contribution in [0.3, 0.4) is 0 Å². The number of hydrogen-bond donors (Lipinski definition) is 3. The molecule has 110 valence electrons. The Morgan fingerprint density at radius 2 is 2.14 bits per heavy atom. The van der Waals surface area contributed by atoms with Crippen LogP contribution in [0.5, 0.6) is 5.75 Å². The summed E-state index contributed by atoms with van der Waals surface area (Å²) in [6.07, 6.45) is 5.33. The van der Waals surface area contributed by atoms with E-state index in [0.29, 0.717) is 18.0 Å². The minimum absolute atomic E-state index is 0.0342. The number of nitrogens with two attached hydrogens (primary N) is 3. The van der Waals surface area contributed by atoms with E-state index in [2.05, 4.69) is 15.0 Å². The van der Waals surface area contributed by atoms with Crippen molar-refractivity contribution in [3.63, 3.8) is 0 Å². The number of nitrogens with zero attached hydrogens (tertiary/aromatic N) is 4. The first-order valence-electron chi connectivity index (χ1n) is 6.15. The Bertz CT molecular complexity index is 657. The van der Waals surface area contributed by atoms with Gasteiger partial charge >= 0.3 is 0 Å². The second kappa shape index (κ2) is 6.42. The highest BCUT2D eigenvalue weighted by atomic mass is 16.5. The van der Waals surface area contributed by atoms with Gasteiger partial charge in [0.25, 0.3) is 0 Å². The lowest BCUT2D eigenvalue weighted by molar-refractivity contribution is 0.416. The molecule has 0 spiro atoms. The first-order chi connectivity index (χ1) is 10.1. The molecule has 0 aliphatic rings. The van der Waals surface area contributed by atoms with Crippen molar-refractivity contribution in [1.82, 2.24) is 9.55 Å². The number of ether oxygens (including phenoxy) is 1. The molecule has 1 heterocycles. The highest BCUT2D eigenvalue weighted by Crippen LogP contribution is 2.28. The monoisotopic (exact) mass is 287 g/mol. The first-order valence-corrected chi connectivity index (χ1v) is 6.15. The highest BCUT2D eigenvalue weighted by Gasteiger charge is 2.05. The SMILES string of the molecule is COc1ccc(Cn2ccnc2)cc1N=C(N)N=C(N)N. The van der Waals surface area contributed by atoms with Crippen LogP contribution in [0.1, 0.15) is 5.56 Å². The van der Waals surface area contributed by atoms with Gasteiger partial charge in [0.1, 0.15) is 11.4 Å². The molecule has 8 nitrogen and oxygen atoms in total. The molecule has 6 N–H and O–H groups in total. The molecule has 0 bridgehead atoms. The molecule has 0 unspecified atom stereocenters. The van der Waals surface area contributed by atoms with Crippen LogP contribution in [0.4, 0.5) is 5.69 Å². The van der Waals surface area contributed by atoms with Crippen molar-refractivity contribution in [3.05, 3.63) is 42.5 Å². The maximum atomic E-state index is 5.65. The highest BCUT2D eigenvalue weighted by molar-refractivity contribution is 5.93. The van der Waals surface area contributed by atoms with Crippen molar-refractivity contribution in [3.8, 4) is 5.75 Å². The van der Waals surface area contributed by atoms with Crippen LogP contribution < -0.4 is 21.9 Å². The molecule has 2 aromatic rings. The van der Waals surface area contributed by atoms with Crippen LogP contribution in [0.15, 0.2) is 46.9 Å². The van der Waals surface area contributed by atoms with Crippen LogP contribution in [0.25, 0.3) is 0 Å². The first kappa shape index (κ1) is 14.4. The van der Waals surface area contributed by atoms with Crippen molar-refractivity contribution in [2.24, 2.45) is 27.2 Å². The largest absolute Gasteiger partial charge is 0.494 e. The predicted molar refractivity (Wildman–Crippen MR) is 81.4 cm³/mol. The van der Waals surface area contributed by atoms with E-state index >= 15 is 0 Å². The number of guanidine groups is 2. The van der Waals surface area contributed by atoms with E-state index in [9.17, 15) is 0 Å². The normalized spacial score (nSPS) is 11.2. The van der Waals surface area contributed by atoms with Crippen LogP contribution >= 0.6 is 0 Å². The molecule has 2 rings (SSSR count). The molecule has 21 heavy (non-hydrogen) atoms. The summed E-state index contributed by atoms with van der Waals surface area (Å²) >= 11 is 0. The maximum Gasteiger partial charge on any atom is 0.223 e. The minimum Gasteiger partial charge on any atom is -0.494 e. The Balaban J connectivity index is 2.32.